The Balaban J connectivity index is 1.93. The summed E-state index contributed by atoms with van der Waals surface area (Å²) in [6, 6.07) is 14.4. The average Bonchev–Trinajstić information content (AvgIpc) is 2.67. The van der Waals surface area contributed by atoms with Gasteiger partial charge in [-0.3, -0.25) is 15.6 Å². The van der Waals surface area contributed by atoms with E-state index >= 15 is 0 Å². The maximum atomic E-state index is 12.0. The number of anilines is 1. The molecule has 136 valence electrons. The first-order chi connectivity index (χ1) is 12.9. The van der Waals surface area contributed by atoms with Crippen LogP contribution in [-0.4, -0.2) is 29.9 Å². The fourth-order valence-electron chi connectivity index (χ4n) is 1.88. The number of rotatable bonds is 7. The lowest BCUT2D eigenvalue weighted by Gasteiger charge is -2.06. The second kappa shape index (κ2) is 9.26. The first-order valence-corrected chi connectivity index (χ1v) is 8.34. The molecule has 2 rings (SSSR count). The van der Waals surface area contributed by atoms with Gasteiger partial charge in [-0.05, 0) is 36.4 Å². The largest absolute Gasteiger partial charge is 0.454 e. The fourth-order valence-corrected chi connectivity index (χ4v) is 2.14. The molecule has 0 unspecified atom stereocenters. The lowest BCUT2D eigenvalue weighted by Crippen LogP contribution is -2.21. The van der Waals surface area contributed by atoms with Gasteiger partial charge in [0.2, 0.25) is 5.71 Å². The molecule has 0 aliphatic carbocycles. The molecule has 9 heteroatoms. The molecule has 0 saturated carbocycles. The third-order valence-corrected chi connectivity index (χ3v) is 3.81. The molecule has 0 amide bonds. The molecule has 0 fully saturated rings. The summed E-state index contributed by atoms with van der Waals surface area (Å²) in [6.07, 6.45) is 0. The van der Waals surface area contributed by atoms with E-state index in [2.05, 4.69) is 26.5 Å². The number of nitriles is 1. The molecule has 0 atom stereocenters. The van der Waals surface area contributed by atoms with Crippen molar-refractivity contribution in [3.63, 3.8) is 0 Å². The third kappa shape index (κ3) is 5.76. The molecule has 0 aliphatic heterocycles. The van der Waals surface area contributed by atoms with Crippen molar-refractivity contribution in [2.45, 2.75) is 0 Å². The minimum Gasteiger partial charge on any atom is -0.454 e. The van der Waals surface area contributed by atoms with E-state index in [0.29, 0.717) is 11.3 Å². The number of carbonyl (C=O) groups is 2. The van der Waals surface area contributed by atoms with E-state index < -0.39 is 11.8 Å². The molecule has 0 bridgehead atoms. The molecule has 2 aromatic carbocycles. The monoisotopic (exact) mass is 427 g/mol. The number of carbonyl (C=O) groups excluding carboxylic acids is 2. The van der Waals surface area contributed by atoms with Gasteiger partial charge in [-0.15, -0.1) is 0 Å². The zero-order chi connectivity index (χ0) is 19.8. The Hall–Kier alpha value is -3.51. The number of Topliss-reactive ketones (excluding diaryl/α,β-unsaturated/α-hetero) is 1. The van der Waals surface area contributed by atoms with Crippen molar-refractivity contribution in [3.05, 3.63) is 64.1 Å². The van der Waals surface area contributed by atoms with E-state index in [-0.39, 0.29) is 23.7 Å². The highest BCUT2D eigenvalue weighted by atomic mass is 79.9. The van der Waals surface area contributed by atoms with Crippen LogP contribution in [0.25, 0.3) is 0 Å². The van der Waals surface area contributed by atoms with Gasteiger partial charge in [-0.2, -0.15) is 10.4 Å². The minimum absolute atomic E-state index is 0.250. The molecular weight excluding hydrogens is 414 g/mol. The van der Waals surface area contributed by atoms with Gasteiger partial charge in [0.15, 0.2) is 18.2 Å². The lowest BCUT2D eigenvalue weighted by molar-refractivity contribution is 0.0475. The number of ketones is 1. The van der Waals surface area contributed by atoms with Gasteiger partial charge >= 0.3 is 5.97 Å². The number of esters is 1. The van der Waals surface area contributed by atoms with Crippen molar-refractivity contribution < 1.29 is 14.3 Å². The third-order valence-electron chi connectivity index (χ3n) is 3.28. The van der Waals surface area contributed by atoms with Crippen LogP contribution in [-0.2, 0) is 4.74 Å². The molecule has 8 nitrogen and oxygen atoms in total. The van der Waals surface area contributed by atoms with Gasteiger partial charge < -0.3 is 10.5 Å². The summed E-state index contributed by atoms with van der Waals surface area (Å²) in [4.78, 5) is 24.0. The molecule has 0 spiro atoms. The van der Waals surface area contributed by atoms with Crippen LogP contribution < -0.4 is 11.2 Å². The van der Waals surface area contributed by atoms with E-state index in [1.165, 1.54) is 24.3 Å². The molecular formula is C18H14BrN5O3. The van der Waals surface area contributed by atoms with Crippen LogP contribution in [0.4, 0.5) is 5.69 Å². The van der Waals surface area contributed by atoms with Gasteiger partial charge in [0.1, 0.15) is 6.07 Å². The number of ether oxygens (including phenoxy) is 1. The van der Waals surface area contributed by atoms with Gasteiger partial charge in [-0.1, -0.05) is 28.1 Å². The number of halogens is 1. The highest BCUT2D eigenvalue weighted by molar-refractivity contribution is 9.10. The zero-order valence-electron chi connectivity index (χ0n) is 13.9. The summed E-state index contributed by atoms with van der Waals surface area (Å²) in [5.74, 6) is -1.41. The van der Waals surface area contributed by atoms with Gasteiger partial charge in [0.05, 0.1) is 11.3 Å². The van der Waals surface area contributed by atoms with E-state index in [9.17, 15) is 9.59 Å². The van der Waals surface area contributed by atoms with Gasteiger partial charge in [-0.25, -0.2) is 4.79 Å². The Bertz CT molecular complexity index is 931. The predicted octanol–water partition coefficient (Wildman–Crippen LogP) is 2.72. The quantitative estimate of drug-likeness (QED) is 0.204. The Kier molecular flexibility index (Phi) is 6.79. The van der Waals surface area contributed by atoms with Crippen LogP contribution in [0.15, 0.2) is 58.1 Å². The Morgan fingerprint density at radius 2 is 1.74 bits per heavy atom. The molecule has 0 aliphatic rings. The van der Waals surface area contributed by atoms with Gasteiger partial charge in [0, 0.05) is 10.0 Å². The molecule has 27 heavy (non-hydrogen) atoms. The van der Waals surface area contributed by atoms with Crippen molar-refractivity contribution in [3.8, 4) is 6.07 Å². The first kappa shape index (κ1) is 19.8. The van der Waals surface area contributed by atoms with Crippen LogP contribution in [0.2, 0.25) is 0 Å². The number of hydrogen-bond acceptors (Lipinski definition) is 7. The smallest absolute Gasteiger partial charge is 0.338 e. The predicted molar refractivity (Wildman–Crippen MR) is 104 cm³/mol. The number of hydrogen-bond donors (Lipinski definition) is 3. The summed E-state index contributed by atoms with van der Waals surface area (Å²) in [5, 5.41) is 19.6. The molecule has 0 heterocycles. The summed E-state index contributed by atoms with van der Waals surface area (Å²) < 4.78 is 5.87. The molecule has 0 aromatic heterocycles. The SMILES string of the molecule is N#C/C(=N\Nc1ccc(C(=O)OCC(=O)c2ccc(Br)cc2)cc1)C(=N)N. The highest BCUT2D eigenvalue weighted by Gasteiger charge is 2.12. The van der Waals surface area contributed by atoms with Crippen molar-refractivity contribution in [1.29, 1.82) is 10.7 Å². The first-order valence-electron chi connectivity index (χ1n) is 7.55. The summed E-state index contributed by atoms with van der Waals surface area (Å²) in [7, 11) is 0. The van der Waals surface area contributed by atoms with E-state index in [0.717, 1.165) is 4.47 Å². The molecule has 0 saturated heterocycles. The van der Waals surface area contributed by atoms with Gasteiger partial charge in [0.25, 0.3) is 0 Å². The topological polar surface area (TPSA) is 141 Å². The van der Waals surface area contributed by atoms with E-state index in [1.807, 2.05) is 0 Å². The number of amidine groups is 1. The van der Waals surface area contributed by atoms with Crippen LogP contribution in [0.5, 0.6) is 0 Å². The number of hydrazone groups is 1. The number of nitrogens with one attached hydrogen (secondary N) is 2. The minimum atomic E-state index is -0.642. The van der Waals surface area contributed by atoms with Crippen molar-refractivity contribution in [1.82, 2.24) is 0 Å². The Morgan fingerprint density at radius 1 is 1.15 bits per heavy atom. The number of nitrogens with zero attached hydrogens (tertiary/aromatic N) is 2. The van der Waals surface area contributed by atoms with Crippen LogP contribution in [0.3, 0.4) is 0 Å². The number of nitrogens with two attached hydrogens (primary N) is 1. The summed E-state index contributed by atoms with van der Waals surface area (Å²) >= 11 is 3.28. The fraction of sp³-hybridized carbons (Fsp3) is 0.0556. The molecule has 4 N–H and O–H groups in total. The Morgan fingerprint density at radius 3 is 2.30 bits per heavy atom. The number of benzene rings is 2. The van der Waals surface area contributed by atoms with Crippen LogP contribution >= 0.6 is 15.9 Å². The van der Waals surface area contributed by atoms with Crippen molar-refractivity contribution in [2.75, 3.05) is 12.0 Å². The standard InChI is InChI=1S/C18H14BrN5O3/c19-13-5-1-11(2-6-13)16(25)10-27-18(26)12-3-7-14(8-4-12)23-24-15(9-20)17(21)22/h1-8,23H,10H2,(H3,21,22)/b24-15+. The van der Waals surface area contributed by atoms with E-state index in [4.69, 9.17) is 21.1 Å². The summed E-state index contributed by atoms with van der Waals surface area (Å²) in [6.45, 7) is -0.366. The second-order valence-electron chi connectivity index (χ2n) is 5.18. The highest BCUT2D eigenvalue weighted by Crippen LogP contribution is 2.13. The summed E-state index contributed by atoms with van der Waals surface area (Å²) in [5.41, 5.74) is 8.65. The van der Waals surface area contributed by atoms with Crippen molar-refractivity contribution >= 4 is 44.9 Å². The van der Waals surface area contributed by atoms with Crippen LogP contribution in [0, 0.1) is 16.7 Å². The maximum absolute atomic E-state index is 12.0. The normalized spacial score (nSPS) is 10.6. The maximum Gasteiger partial charge on any atom is 0.338 e. The lowest BCUT2D eigenvalue weighted by atomic mass is 10.1. The molecule has 2 aromatic rings. The van der Waals surface area contributed by atoms with Crippen molar-refractivity contribution in [2.24, 2.45) is 10.8 Å². The Labute approximate surface area is 163 Å². The van der Waals surface area contributed by atoms with E-state index in [1.54, 1.807) is 30.3 Å². The van der Waals surface area contributed by atoms with Crippen LogP contribution in [0.1, 0.15) is 20.7 Å². The molecule has 0 radical (unpaired) electrons. The zero-order valence-corrected chi connectivity index (χ0v) is 15.5. The second-order valence-corrected chi connectivity index (χ2v) is 6.10. The average molecular weight is 428 g/mol.